The average molecular weight is 325 g/mol. The van der Waals surface area contributed by atoms with Crippen LogP contribution < -0.4 is 5.32 Å². The number of rotatable bonds is 6. The SMILES string of the molecule is CC(C)(C)OC(=O)NCCC(O)C(O)c1cccc(C(=O)O)c1. The molecule has 0 bridgehead atoms. The molecule has 0 spiro atoms. The van der Waals surface area contributed by atoms with E-state index in [1.54, 1.807) is 20.8 Å². The number of alkyl carbamates (subject to hydrolysis) is 1. The van der Waals surface area contributed by atoms with Gasteiger partial charge in [0.2, 0.25) is 0 Å². The summed E-state index contributed by atoms with van der Waals surface area (Å²) in [6, 6.07) is 5.72. The molecule has 0 aromatic heterocycles. The number of carboxylic acid groups (broad SMARTS) is 1. The van der Waals surface area contributed by atoms with Gasteiger partial charge in [0.25, 0.3) is 0 Å². The molecular formula is C16H23NO6. The molecule has 128 valence electrons. The third-order valence-corrected chi connectivity index (χ3v) is 2.95. The number of aliphatic hydroxyl groups is 2. The monoisotopic (exact) mass is 325 g/mol. The molecule has 1 rings (SSSR count). The lowest BCUT2D eigenvalue weighted by molar-refractivity contribution is 0.0122. The molecule has 7 nitrogen and oxygen atoms in total. The third-order valence-electron chi connectivity index (χ3n) is 2.95. The Labute approximate surface area is 134 Å². The number of carbonyl (C=O) groups excluding carboxylic acids is 1. The number of amides is 1. The van der Waals surface area contributed by atoms with Gasteiger partial charge in [-0.3, -0.25) is 0 Å². The smallest absolute Gasteiger partial charge is 0.407 e. The molecule has 2 atom stereocenters. The van der Waals surface area contributed by atoms with E-state index in [-0.39, 0.29) is 18.5 Å². The van der Waals surface area contributed by atoms with E-state index in [0.717, 1.165) is 0 Å². The number of ether oxygens (including phenoxy) is 1. The summed E-state index contributed by atoms with van der Waals surface area (Å²) in [5.41, 5.74) is -0.283. The van der Waals surface area contributed by atoms with Gasteiger partial charge in [-0.05, 0) is 44.9 Å². The van der Waals surface area contributed by atoms with Gasteiger partial charge in [-0.1, -0.05) is 12.1 Å². The zero-order valence-electron chi connectivity index (χ0n) is 13.4. The van der Waals surface area contributed by atoms with E-state index in [1.165, 1.54) is 24.3 Å². The van der Waals surface area contributed by atoms with Crippen molar-refractivity contribution in [2.45, 2.75) is 45.0 Å². The Morgan fingerprint density at radius 3 is 2.48 bits per heavy atom. The number of nitrogens with one attached hydrogen (secondary N) is 1. The molecule has 4 N–H and O–H groups in total. The third kappa shape index (κ3) is 6.66. The summed E-state index contributed by atoms with van der Waals surface area (Å²) < 4.78 is 5.05. The quantitative estimate of drug-likeness (QED) is 0.632. The highest BCUT2D eigenvalue weighted by Crippen LogP contribution is 2.20. The van der Waals surface area contributed by atoms with Crippen molar-refractivity contribution in [1.82, 2.24) is 5.32 Å². The van der Waals surface area contributed by atoms with Gasteiger partial charge in [0.05, 0.1) is 11.7 Å². The van der Waals surface area contributed by atoms with Crippen LogP contribution in [0.5, 0.6) is 0 Å². The van der Waals surface area contributed by atoms with Crippen LogP contribution in [0.2, 0.25) is 0 Å². The molecule has 0 aliphatic carbocycles. The fourth-order valence-corrected chi connectivity index (χ4v) is 1.87. The van der Waals surface area contributed by atoms with E-state index < -0.39 is 29.9 Å². The molecule has 1 aromatic carbocycles. The molecule has 0 saturated carbocycles. The molecule has 2 unspecified atom stereocenters. The van der Waals surface area contributed by atoms with Crippen LogP contribution in [-0.2, 0) is 4.74 Å². The van der Waals surface area contributed by atoms with Crippen molar-refractivity contribution in [3.8, 4) is 0 Å². The number of hydrogen-bond acceptors (Lipinski definition) is 5. The standard InChI is InChI=1S/C16H23NO6/c1-16(2,3)23-15(22)17-8-7-12(18)13(19)10-5-4-6-11(9-10)14(20)21/h4-6,9,12-13,18-19H,7-8H2,1-3H3,(H,17,22)(H,20,21). The number of benzene rings is 1. The Morgan fingerprint density at radius 2 is 1.91 bits per heavy atom. The maximum absolute atomic E-state index is 11.5. The molecule has 0 fully saturated rings. The summed E-state index contributed by atoms with van der Waals surface area (Å²) in [6.45, 7) is 5.33. The molecule has 0 heterocycles. The van der Waals surface area contributed by atoms with Crippen molar-refractivity contribution in [2.24, 2.45) is 0 Å². The first-order chi connectivity index (χ1) is 10.6. The van der Waals surface area contributed by atoms with Gasteiger partial charge >= 0.3 is 12.1 Å². The normalized spacial score (nSPS) is 14.0. The van der Waals surface area contributed by atoms with Crippen molar-refractivity contribution < 1.29 is 29.6 Å². The highest BCUT2D eigenvalue weighted by Gasteiger charge is 2.20. The summed E-state index contributed by atoms with van der Waals surface area (Å²) in [5, 5.41) is 31.4. The van der Waals surface area contributed by atoms with Crippen LogP contribution in [0.15, 0.2) is 24.3 Å². The second-order valence-corrected chi connectivity index (χ2v) is 6.16. The zero-order chi connectivity index (χ0) is 17.6. The summed E-state index contributed by atoms with van der Waals surface area (Å²) in [6.07, 6.45) is -2.90. The first kappa shape index (κ1) is 18.9. The van der Waals surface area contributed by atoms with Gasteiger partial charge in [0.15, 0.2) is 0 Å². The second kappa shape index (κ2) is 7.94. The lowest BCUT2D eigenvalue weighted by atomic mass is 10.00. The minimum absolute atomic E-state index is 0.0284. The maximum Gasteiger partial charge on any atom is 0.407 e. The summed E-state index contributed by atoms with van der Waals surface area (Å²) in [5.74, 6) is -1.11. The minimum atomic E-state index is -1.24. The van der Waals surface area contributed by atoms with Gasteiger partial charge in [0.1, 0.15) is 11.7 Å². The number of aromatic carboxylic acids is 1. The zero-order valence-corrected chi connectivity index (χ0v) is 13.4. The predicted molar refractivity (Wildman–Crippen MR) is 83.2 cm³/mol. The molecule has 1 aromatic rings. The summed E-state index contributed by atoms with van der Waals surface area (Å²) >= 11 is 0. The lowest BCUT2D eigenvalue weighted by Crippen LogP contribution is -2.34. The fourth-order valence-electron chi connectivity index (χ4n) is 1.87. The van der Waals surface area contributed by atoms with E-state index in [9.17, 15) is 19.8 Å². The Hall–Kier alpha value is -2.12. The highest BCUT2D eigenvalue weighted by atomic mass is 16.6. The molecule has 1 amide bonds. The van der Waals surface area contributed by atoms with Gasteiger partial charge in [-0.15, -0.1) is 0 Å². The average Bonchev–Trinajstić information content (AvgIpc) is 2.44. The van der Waals surface area contributed by atoms with Gasteiger partial charge in [-0.2, -0.15) is 0 Å². The first-order valence-corrected chi connectivity index (χ1v) is 7.26. The summed E-state index contributed by atoms with van der Waals surface area (Å²) in [7, 11) is 0. The van der Waals surface area contributed by atoms with E-state index in [2.05, 4.69) is 5.32 Å². The van der Waals surface area contributed by atoms with Crippen LogP contribution in [-0.4, -0.2) is 45.6 Å². The van der Waals surface area contributed by atoms with E-state index in [0.29, 0.717) is 5.56 Å². The largest absolute Gasteiger partial charge is 0.478 e. The molecular weight excluding hydrogens is 302 g/mol. The van der Waals surface area contributed by atoms with Crippen molar-refractivity contribution in [2.75, 3.05) is 6.54 Å². The van der Waals surface area contributed by atoms with E-state index in [4.69, 9.17) is 9.84 Å². The Bertz CT molecular complexity index is 552. The van der Waals surface area contributed by atoms with Crippen LogP contribution >= 0.6 is 0 Å². The second-order valence-electron chi connectivity index (χ2n) is 6.16. The number of hydrogen-bond donors (Lipinski definition) is 4. The van der Waals surface area contributed by atoms with Crippen molar-refractivity contribution in [3.05, 3.63) is 35.4 Å². The minimum Gasteiger partial charge on any atom is -0.478 e. The Kier molecular flexibility index (Phi) is 6.53. The fraction of sp³-hybridized carbons (Fsp3) is 0.500. The topological polar surface area (TPSA) is 116 Å². The maximum atomic E-state index is 11.5. The van der Waals surface area contributed by atoms with Crippen LogP contribution in [0.4, 0.5) is 4.79 Å². The van der Waals surface area contributed by atoms with Crippen LogP contribution in [0, 0.1) is 0 Å². The Balaban J connectivity index is 2.51. The molecule has 0 aliphatic rings. The number of carboxylic acids is 1. The molecule has 0 saturated heterocycles. The van der Waals surface area contributed by atoms with Crippen LogP contribution in [0.25, 0.3) is 0 Å². The molecule has 0 aliphatic heterocycles. The molecule has 0 radical (unpaired) electrons. The van der Waals surface area contributed by atoms with Crippen molar-refractivity contribution in [1.29, 1.82) is 0 Å². The van der Waals surface area contributed by atoms with Crippen LogP contribution in [0.1, 0.15) is 49.2 Å². The van der Waals surface area contributed by atoms with E-state index >= 15 is 0 Å². The van der Waals surface area contributed by atoms with Crippen molar-refractivity contribution >= 4 is 12.1 Å². The first-order valence-electron chi connectivity index (χ1n) is 7.26. The number of carbonyl (C=O) groups is 2. The number of aliphatic hydroxyl groups excluding tert-OH is 2. The molecule has 23 heavy (non-hydrogen) atoms. The highest BCUT2D eigenvalue weighted by molar-refractivity contribution is 5.87. The van der Waals surface area contributed by atoms with Crippen LogP contribution in [0.3, 0.4) is 0 Å². The van der Waals surface area contributed by atoms with Gasteiger partial charge in [0, 0.05) is 6.54 Å². The predicted octanol–water partition coefficient (Wildman–Crippen LogP) is 1.69. The van der Waals surface area contributed by atoms with E-state index in [1.807, 2.05) is 0 Å². The van der Waals surface area contributed by atoms with Gasteiger partial charge < -0.3 is 25.4 Å². The Morgan fingerprint density at radius 1 is 1.26 bits per heavy atom. The molecule has 7 heteroatoms. The van der Waals surface area contributed by atoms with Gasteiger partial charge in [-0.25, -0.2) is 9.59 Å². The van der Waals surface area contributed by atoms with Crippen molar-refractivity contribution in [3.63, 3.8) is 0 Å². The summed E-state index contributed by atoms with van der Waals surface area (Å²) in [4.78, 5) is 22.4. The lowest BCUT2D eigenvalue weighted by Gasteiger charge is -2.21.